The van der Waals surface area contributed by atoms with Crippen LogP contribution in [0.25, 0.3) is 0 Å². The molecule has 0 atom stereocenters. The summed E-state index contributed by atoms with van der Waals surface area (Å²) < 4.78 is 13.6. The van der Waals surface area contributed by atoms with E-state index < -0.39 is 0 Å². The maximum absolute atomic E-state index is 13.3. The first-order valence-corrected chi connectivity index (χ1v) is 6.74. The van der Waals surface area contributed by atoms with Crippen LogP contribution in [0.3, 0.4) is 0 Å². The summed E-state index contributed by atoms with van der Waals surface area (Å²) in [5.74, 6) is -0.676. The van der Waals surface area contributed by atoms with Gasteiger partial charge in [0.05, 0.1) is 4.47 Å². The van der Waals surface area contributed by atoms with Gasteiger partial charge in [-0.3, -0.25) is 4.79 Å². The molecule has 0 saturated carbocycles. The van der Waals surface area contributed by atoms with Gasteiger partial charge in [-0.1, -0.05) is 6.07 Å². The standard InChI is InChI=1S/C15H13BrFNO2/c1-8-3-4-10(6-14(8)19)15(20)18-13-7-11(16)12(17)5-9(13)2/h3-7,19H,1-2H3,(H,18,20). The van der Waals surface area contributed by atoms with E-state index in [1.807, 2.05) is 0 Å². The molecular formula is C15H13BrFNO2. The highest BCUT2D eigenvalue weighted by Crippen LogP contribution is 2.25. The van der Waals surface area contributed by atoms with Crippen molar-refractivity contribution in [3.8, 4) is 5.75 Å². The number of aryl methyl sites for hydroxylation is 2. The summed E-state index contributed by atoms with van der Waals surface area (Å²) in [7, 11) is 0. The smallest absolute Gasteiger partial charge is 0.255 e. The van der Waals surface area contributed by atoms with Crippen LogP contribution in [0.4, 0.5) is 10.1 Å². The first kappa shape index (κ1) is 14.5. The summed E-state index contributed by atoms with van der Waals surface area (Å²) in [4.78, 5) is 12.1. The van der Waals surface area contributed by atoms with Crippen LogP contribution in [-0.4, -0.2) is 11.0 Å². The van der Waals surface area contributed by atoms with Gasteiger partial charge in [0.2, 0.25) is 0 Å². The van der Waals surface area contributed by atoms with Crippen molar-refractivity contribution < 1.29 is 14.3 Å². The van der Waals surface area contributed by atoms with E-state index >= 15 is 0 Å². The highest BCUT2D eigenvalue weighted by atomic mass is 79.9. The lowest BCUT2D eigenvalue weighted by Gasteiger charge is -2.10. The molecule has 0 spiro atoms. The quantitative estimate of drug-likeness (QED) is 0.864. The number of hydrogen-bond donors (Lipinski definition) is 2. The second-order valence-corrected chi connectivity index (χ2v) is 5.39. The molecule has 2 N–H and O–H groups in total. The number of carbonyl (C=O) groups excluding carboxylic acids is 1. The summed E-state index contributed by atoms with van der Waals surface area (Å²) in [5, 5.41) is 12.3. The van der Waals surface area contributed by atoms with Crippen LogP contribution in [0.1, 0.15) is 21.5 Å². The number of halogens is 2. The molecule has 0 bridgehead atoms. The number of hydrogen-bond acceptors (Lipinski definition) is 2. The largest absolute Gasteiger partial charge is 0.508 e. The van der Waals surface area contributed by atoms with Crippen molar-refractivity contribution in [3.63, 3.8) is 0 Å². The molecule has 0 radical (unpaired) electrons. The average molecular weight is 338 g/mol. The van der Waals surface area contributed by atoms with Crippen LogP contribution in [0.5, 0.6) is 5.75 Å². The molecule has 20 heavy (non-hydrogen) atoms. The lowest BCUT2D eigenvalue weighted by Crippen LogP contribution is -2.13. The van der Waals surface area contributed by atoms with Crippen LogP contribution >= 0.6 is 15.9 Å². The van der Waals surface area contributed by atoms with Gasteiger partial charge in [0.1, 0.15) is 11.6 Å². The molecular weight excluding hydrogens is 325 g/mol. The zero-order valence-electron chi connectivity index (χ0n) is 11.0. The van der Waals surface area contributed by atoms with E-state index in [1.165, 1.54) is 18.2 Å². The third-order valence-corrected chi connectivity index (χ3v) is 3.59. The van der Waals surface area contributed by atoms with Gasteiger partial charge in [0, 0.05) is 11.3 Å². The zero-order valence-corrected chi connectivity index (χ0v) is 12.6. The van der Waals surface area contributed by atoms with E-state index in [0.717, 1.165) is 0 Å². The Kier molecular flexibility index (Phi) is 4.09. The van der Waals surface area contributed by atoms with Crippen LogP contribution in [0, 0.1) is 19.7 Å². The number of phenols is 1. The Morgan fingerprint density at radius 1 is 1.20 bits per heavy atom. The molecule has 5 heteroatoms. The Morgan fingerprint density at radius 2 is 1.90 bits per heavy atom. The molecule has 0 heterocycles. The molecule has 0 unspecified atom stereocenters. The number of nitrogens with one attached hydrogen (secondary N) is 1. The van der Waals surface area contributed by atoms with Gasteiger partial charge in [-0.05, 0) is 65.2 Å². The number of aromatic hydroxyl groups is 1. The maximum atomic E-state index is 13.3. The molecule has 0 saturated heterocycles. The number of rotatable bonds is 2. The number of benzene rings is 2. The van der Waals surface area contributed by atoms with E-state index in [0.29, 0.717) is 22.4 Å². The fourth-order valence-corrected chi connectivity index (χ4v) is 2.07. The van der Waals surface area contributed by atoms with Gasteiger partial charge in [0.15, 0.2) is 0 Å². The average Bonchev–Trinajstić information content (AvgIpc) is 2.39. The predicted octanol–water partition coefficient (Wildman–Crippen LogP) is 4.16. The molecule has 0 aliphatic heterocycles. The Labute approximate surface area is 124 Å². The van der Waals surface area contributed by atoms with Crippen LogP contribution in [0.15, 0.2) is 34.8 Å². The number of phenolic OH excluding ortho intramolecular Hbond substituents is 1. The molecule has 2 aromatic rings. The highest BCUT2D eigenvalue weighted by Gasteiger charge is 2.11. The van der Waals surface area contributed by atoms with Gasteiger partial charge in [-0.25, -0.2) is 4.39 Å². The van der Waals surface area contributed by atoms with Crippen molar-refractivity contribution in [2.24, 2.45) is 0 Å². The Hall–Kier alpha value is -1.88. The second-order valence-electron chi connectivity index (χ2n) is 4.54. The minimum absolute atomic E-state index is 0.0645. The van der Waals surface area contributed by atoms with E-state index in [9.17, 15) is 14.3 Å². The monoisotopic (exact) mass is 337 g/mol. The third kappa shape index (κ3) is 2.99. The van der Waals surface area contributed by atoms with Crippen molar-refractivity contribution >= 4 is 27.5 Å². The molecule has 104 valence electrons. The van der Waals surface area contributed by atoms with Crippen molar-refractivity contribution in [3.05, 3.63) is 57.3 Å². The third-order valence-electron chi connectivity index (χ3n) is 2.99. The SMILES string of the molecule is Cc1ccc(C(=O)Nc2cc(Br)c(F)cc2C)cc1O. The van der Waals surface area contributed by atoms with Crippen LogP contribution < -0.4 is 5.32 Å². The minimum atomic E-state index is -0.381. The van der Waals surface area contributed by atoms with Crippen molar-refractivity contribution in [2.45, 2.75) is 13.8 Å². The van der Waals surface area contributed by atoms with Crippen molar-refractivity contribution in [2.75, 3.05) is 5.32 Å². The Bertz CT molecular complexity index is 686. The minimum Gasteiger partial charge on any atom is -0.508 e. The van der Waals surface area contributed by atoms with Crippen molar-refractivity contribution in [1.29, 1.82) is 0 Å². The molecule has 2 aromatic carbocycles. The fourth-order valence-electron chi connectivity index (χ4n) is 1.73. The second kappa shape index (κ2) is 5.63. The first-order valence-electron chi connectivity index (χ1n) is 5.95. The van der Waals surface area contributed by atoms with E-state index in [4.69, 9.17) is 0 Å². The van der Waals surface area contributed by atoms with E-state index in [1.54, 1.807) is 26.0 Å². The maximum Gasteiger partial charge on any atom is 0.255 e. The Morgan fingerprint density at radius 3 is 2.55 bits per heavy atom. The predicted molar refractivity (Wildman–Crippen MR) is 79.6 cm³/mol. The summed E-state index contributed by atoms with van der Waals surface area (Å²) >= 11 is 3.08. The van der Waals surface area contributed by atoms with Gasteiger partial charge in [0.25, 0.3) is 5.91 Å². The molecule has 1 amide bonds. The zero-order chi connectivity index (χ0) is 14.9. The topological polar surface area (TPSA) is 49.3 Å². The molecule has 0 aliphatic carbocycles. The number of carbonyl (C=O) groups is 1. The van der Waals surface area contributed by atoms with Gasteiger partial charge >= 0.3 is 0 Å². The highest BCUT2D eigenvalue weighted by molar-refractivity contribution is 9.10. The molecule has 0 aromatic heterocycles. The molecule has 0 aliphatic rings. The van der Waals surface area contributed by atoms with Gasteiger partial charge in [-0.15, -0.1) is 0 Å². The summed E-state index contributed by atoms with van der Waals surface area (Å²) in [6.07, 6.45) is 0. The summed E-state index contributed by atoms with van der Waals surface area (Å²) in [6, 6.07) is 7.54. The normalized spacial score (nSPS) is 10.4. The molecule has 0 fully saturated rings. The summed E-state index contributed by atoms with van der Waals surface area (Å²) in [6.45, 7) is 3.45. The molecule has 3 nitrogen and oxygen atoms in total. The lowest BCUT2D eigenvalue weighted by molar-refractivity contribution is 0.102. The fraction of sp³-hybridized carbons (Fsp3) is 0.133. The van der Waals surface area contributed by atoms with E-state index in [2.05, 4.69) is 21.2 Å². The van der Waals surface area contributed by atoms with Gasteiger partial charge < -0.3 is 10.4 Å². The lowest BCUT2D eigenvalue weighted by atomic mass is 10.1. The van der Waals surface area contributed by atoms with Crippen LogP contribution in [0.2, 0.25) is 0 Å². The summed E-state index contributed by atoms with van der Waals surface area (Å²) in [5.41, 5.74) is 2.17. The van der Waals surface area contributed by atoms with Crippen LogP contribution in [-0.2, 0) is 0 Å². The van der Waals surface area contributed by atoms with E-state index in [-0.39, 0.29) is 21.9 Å². The number of amides is 1. The van der Waals surface area contributed by atoms with Crippen molar-refractivity contribution in [1.82, 2.24) is 0 Å². The van der Waals surface area contributed by atoms with Gasteiger partial charge in [-0.2, -0.15) is 0 Å². The molecule has 2 rings (SSSR count). The number of anilines is 1. The first-order chi connectivity index (χ1) is 9.38. The Balaban J connectivity index is 2.27.